The van der Waals surface area contributed by atoms with Gasteiger partial charge in [-0.25, -0.2) is 0 Å². The van der Waals surface area contributed by atoms with Gasteiger partial charge in [0.25, 0.3) is 5.69 Å². The molecule has 0 aliphatic carbocycles. The molecule has 0 aromatic heterocycles. The molecule has 1 aromatic rings. The van der Waals surface area contributed by atoms with Gasteiger partial charge in [0.1, 0.15) is 5.69 Å². The van der Waals surface area contributed by atoms with E-state index in [1.807, 2.05) is 13.8 Å². The summed E-state index contributed by atoms with van der Waals surface area (Å²) >= 11 is 0. The second-order valence-corrected chi connectivity index (χ2v) is 5.05. The number of nitrogens with two attached hydrogens (primary N) is 1. The monoisotopic (exact) mass is 279 g/mol. The third-order valence-corrected chi connectivity index (χ3v) is 3.15. The number of nitro groups is 1. The summed E-state index contributed by atoms with van der Waals surface area (Å²) in [6, 6.07) is 4.67. The lowest BCUT2D eigenvalue weighted by Gasteiger charge is -2.10. The van der Waals surface area contributed by atoms with Gasteiger partial charge in [0, 0.05) is 12.5 Å². The summed E-state index contributed by atoms with van der Waals surface area (Å²) in [7, 11) is 0. The summed E-state index contributed by atoms with van der Waals surface area (Å²) in [4.78, 5) is 22.3. The zero-order valence-corrected chi connectivity index (χ0v) is 11.9. The number of carbonyl (C=O) groups is 1. The predicted molar refractivity (Wildman–Crippen MR) is 78.5 cm³/mol. The first-order valence-corrected chi connectivity index (χ1v) is 6.69. The molecule has 1 atom stereocenters. The minimum Gasteiger partial charge on any atom is -0.330 e. The molecule has 0 heterocycles. The summed E-state index contributed by atoms with van der Waals surface area (Å²) in [5, 5.41) is 13.5. The van der Waals surface area contributed by atoms with Crippen LogP contribution in [-0.2, 0) is 4.79 Å². The Balaban J connectivity index is 2.66. The molecule has 0 saturated carbocycles. The number of carbonyl (C=O) groups excluding carboxylic acids is 1. The van der Waals surface area contributed by atoms with Crippen LogP contribution in [0.5, 0.6) is 0 Å². The van der Waals surface area contributed by atoms with Crippen molar-refractivity contribution >= 4 is 17.3 Å². The zero-order chi connectivity index (χ0) is 15.1. The minimum atomic E-state index is -0.494. The number of amides is 1. The van der Waals surface area contributed by atoms with Crippen molar-refractivity contribution in [2.75, 3.05) is 11.9 Å². The van der Waals surface area contributed by atoms with Gasteiger partial charge in [0.05, 0.1) is 4.92 Å². The molecule has 0 aliphatic rings. The first kappa shape index (κ1) is 16.1. The Morgan fingerprint density at radius 3 is 2.75 bits per heavy atom. The Morgan fingerprint density at radius 2 is 2.15 bits per heavy atom. The predicted octanol–water partition coefficient (Wildman–Crippen LogP) is 2.61. The number of aryl methyl sites for hydroxylation is 1. The third-order valence-electron chi connectivity index (χ3n) is 3.15. The highest BCUT2D eigenvalue weighted by molar-refractivity contribution is 5.93. The molecule has 110 valence electrons. The van der Waals surface area contributed by atoms with Gasteiger partial charge in [0.2, 0.25) is 5.91 Å². The van der Waals surface area contributed by atoms with E-state index in [0.717, 1.165) is 18.4 Å². The highest BCUT2D eigenvalue weighted by Gasteiger charge is 2.16. The first-order valence-electron chi connectivity index (χ1n) is 6.69. The van der Waals surface area contributed by atoms with Crippen molar-refractivity contribution in [3.8, 4) is 0 Å². The van der Waals surface area contributed by atoms with Gasteiger partial charge < -0.3 is 11.1 Å². The molecular formula is C14H21N3O3. The normalized spacial score (nSPS) is 11.9. The molecule has 6 heteroatoms. The van der Waals surface area contributed by atoms with E-state index in [2.05, 4.69) is 5.32 Å². The van der Waals surface area contributed by atoms with E-state index in [-0.39, 0.29) is 17.3 Å². The number of anilines is 1. The summed E-state index contributed by atoms with van der Waals surface area (Å²) < 4.78 is 0. The topological polar surface area (TPSA) is 98.3 Å². The maximum absolute atomic E-state index is 11.8. The standard InChI is InChI=1S/C14H21N3O3/c1-10(7-8-15)4-6-14(18)16-12-9-11(2)3-5-13(12)17(19)20/h3,5,9-10H,4,6-8,15H2,1-2H3,(H,16,18). The molecule has 0 aliphatic heterocycles. The van der Waals surface area contributed by atoms with E-state index in [9.17, 15) is 14.9 Å². The number of rotatable bonds is 7. The highest BCUT2D eigenvalue weighted by Crippen LogP contribution is 2.25. The number of nitrogens with zero attached hydrogens (tertiary/aromatic N) is 1. The van der Waals surface area contributed by atoms with Crippen LogP contribution in [0.15, 0.2) is 18.2 Å². The summed E-state index contributed by atoms with van der Waals surface area (Å²) in [6.45, 7) is 4.46. The molecular weight excluding hydrogens is 258 g/mol. The lowest BCUT2D eigenvalue weighted by atomic mass is 10.0. The Kier molecular flexibility index (Phi) is 6.11. The van der Waals surface area contributed by atoms with Crippen LogP contribution in [0.4, 0.5) is 11.4 Å². The van der Waals surface area contributed by atoms with Crippen LogP contribution >= 0.6 is 0 Å². The molecule has 1 unspecified atom stereocenters. The van der Waals surface area contributed by atoms with Gasteiger partial charge >= 0.3 is 0 Å². The van der Waals surface area contributed by atoms with Crippen molar-refractivity contribution in [1.82, 2.24) is 0 Å². The van der Waals surface area contributed by atoms with Crippen molar-refractivity contribution in [3.05, 3.63) is 33.9 Å². The van der Waals surface area contributed by atoms with Crippen LogP contribution in [0.25, 0.3) is 0 Å². The number of nitrogens with one attached hydrogen (secondary N) is 1. The van der Waals surface area contributed by atoms with Crippen LogP contribution in [0.1, 0.15) is 31.7 Å². The fraction of sp³-hybridized carbons (Fsp3) is 0.500. The smallest absolute Gasteiger partial charge is 0.292 e. The number of hydrogen-bond donors (Lipinski definition) is 2. The number of hydrogen-bond acceptors (Lipinski definition) is 4. The van der Waals surface area contributed by atoms with Crippen molar-refractivity contribution in [1.29, 1.82) is 0 Å². The summed E-state index contributed by atoms with van der Waals surface area (Å²) in [5.41, 5.74) is 6.49. The first-order chi connectivity index (χ1) is 9.43. The van der Waals surface area contributed by atoms with Crippen LogP contribution < -0.4 is 11.1 Å². The largest absolute Gasteiger partial charge is 0.330 e. The fourth-order valence-corrected chi connectivity index (χ4v) is 1.93. The molecule has 0 radical (unpaired) electrons. The summed E-state index contributed by atoms with van der Waals surface area (Å²) in [5.74, 6) is 0.167. The molecule has 0 bridgehead atoms. The minimum absolute atomic E-state index is 0.0843. The Hall–Kier alpha value is -1.95. The van der Waals surface area contributed by atoms with Crippen molar-refractivity contribution in [2.45, 2.75) is 33.1 Å². The van der Waals surface area contributed by atoms with Crippen LogP contribution in [0.2, 0.25) is 0 Å². The molecule has 1 rings (SSSR count). The Labute approximate surface area is 118 Å². The lowest BCUT2D eigenvalue weighted by molar-refractivity contribution is -0.383. The van der Waals surface area contributed by atoms with E-state index in [1.54, 1.807) is 12.1 Å². The molecule has 1 amide bonds. The van der Waals surface area contributed by atoms with E-state index in [1.165, 1.54) is 6.07 Å². The quantitative estimate of drug-likeness (QED) is 0.592. The maximum Gasteiger partial charge on any atom is 0.292 e. The van der Waals surface area contributed by atoms with Crippen LogP contribution in [0, 0.1) is 23.0 Å². The molecule has 0 fully saturated rings. The molecule has 0 saturated heterocycles. The molecule has 0 spiro atoms. The van der Waals surface area contributed by atoms with Gasteiger partial charge in [-0.2, -0.15) is 0 Å². The van der Waals surface area contributed by atoms with Gasteiger partial charge in [-0.1, -0.05) is 13.0 Å². The SMILES string of the molecule is Cc1ccc([N+](=O)[O-])c(NC(=O)CCC(C)CCN)c1. The lowest BCUT2D eigenvalue weighted by Crippen LogP contribution is -2.15. The van der Waals surface area contributed by atoms with Gasteiger partial charge in [0.15, 0.2) is 0 Å². The maximum atomic E-state index is 11.8. The van der Waals surface area contributed by atoms with Crippen molar-refractivity contribution in [2.24, 2.45) is 11.7 Å². The summed E-state index contributed by atoms with van der Waals surface area (Å²) in [6.07, 6.45) is 1.94. The Bertz CT molecular complexity index is 489. The van der Waals surface area contributed by atoms with Crippen molar-refractivity contribution < 1.29 is 9.72 Å². The van der Waals surface area contributed by atoms with E-state index >= 15 is 0 Å². The van der Waals surface area contributed by atoms with E-state index < -0.39 is 4.92 Å². The van der Waals surface area contributed by atoms with E-state index in [4.69, 9.17) is 5.73 Å². The third kappa shape index (κ3) is 4.97. The van der Waals surface area contributed by atoms with Crippen LogP contribution in [0.3, 0.4) is 0 Å². The Morgan fingerprint density at radius 1 is 1.45 bits per heavy atom. The molecule has 1 aromatic carbocycles. The molecule has 20 heavy (non-hydrogen) atoms. The average Bonchev–Trinajstić information content (AvgIpc) is 2.36. The number of nitro benzene ring substituents is 1. The second kappa shape index (κ2) is 7.59. The molecule has 6 nitrogen and oxygen atoms in total. The van der Waals surface area contributed by atoms with Crippen molar-refractivity contribution in [3.63, 3.8) is 0 Å². The average molecular weight is 279 g/mol. The van der Waals surface area contributed by atoms with Gasteiger partial charge in [-0.05, 0) is 43.9 Å². The fourth-order valence-electron chi connectivity index (χ4n) is 1.93. The van der Waals surface area contributed by atoms with Gasteiger partial charge in [-0.3, -0.25) is 14.9 Å². The van der Waals surface area contributed by atoms with E-state index in [0.29, 0.717) is 18.9 Å². The van der Waals surface area contributed by atoms with Crippen LogP contribution in [-0.4, -0.2) is 17.4 Å². The molecule has 3 N–H and O–H groups in total. The second-order valence-electron chi connectivity index (χ2n) is 5.05. The highest BCUT2D eigenvalue weighted by atomic mass is 16.6. The van der Waals surface area contributed by atoms with Gasteiger partial charge in [-0.15, -0.1) is 0 Å². The number of benzene rings is 1. The zero-order valence-electron chi connectivity index (χ0n) is 11.9.